The van der Waals surface area contributed by atoms with Crippen LogP contribution in [0, 0.1) is 11.8 Å². The summed E-state index contributed by atoms with van der Waals surface area (Å²) in [5.41, 5.74) is 2.15. The number of hydrogen-bond donors (Lipinski definition) is 1. The van der Waals surface area contributed by atoms with Gasteiger partial charge in [-0.2, -0.15) is 5.10 Å². The van der Waals surface area contributed by atoms with Crippen molar-refractivity contribution >= 4 is 34.1 Å². The minimum atomic E-state index is -0.0424. The van der Waals surface area contributed by atoms with Gasteiger partial charge in [0.05, 0.1) is 12.8 Å². The Morgan fingerprint density at radius 3 is 2.77 bits per heavy atom. The molecule has 30 heavy (non-hydrogen) atoms. The van der Waals surface area contributed by atoms with E-state index in [2.05, 4.69) is 35.3 Å². The third-order valence-corrected chi connectivity index (χ3v) is 6.42. The van der Waals surface area contributed by atoms with E-state index in [0.717, 1.165) is 28.3 Å². The molecule has 3 unspecified atom stereocenters. The number of carbonyl (C=O) groups is 1. The van der Waals surface area contributed by atoms with Gasteiger partial charge in [0.1, 0.15) is 5.82 Å². The number of nitrogens with zero attached hydrogens (tertiary/aromatic N) is 3. The number of halogens is 1. The number of aryl methyl sites for hydroxylation is 1. The van der Waals surface area contributed by atoms with E-state index in [0.29, 0.717) is 23.4 Å². The van der Waals surface area contributed by atoms with Gasteiger partial charge in [0.15, 0.2) is 0 Å². The highest BCUT2D eigenvalue weighted by Gasteiger charge is 2.54. The van der Waals surface area contributed by atoms with Gasteiger partial charge in [-0.3, -0.25) is 9.48 Å². The van der Waals surface area contributed by atoms with Gasteiger partial charge in [-0.25, -0.2) is 4.98 Å². The summed E-state index contributed by atoms with van der Waals surface area (Å²) < 4.78 is 7.05. The van der Waals surface area contributed by atoms with E-state index < -0.39 is 0 Å². The van der Waals surface area contributed by atoms with Crippen LogP contribution in [0.4, 0.5) is 5.82 Å². The molecule has 1 saturated carbocycles. The molecule has 1 amide bonds. The number of rotatable bonds is 7. The Morgan fingerprint density at radius 2 is 2.10 bits per heavy atom. The molecule has 0 bridgehead atoms. The lowest BCUT2D eigenvalue weighted by Gasteiger charge is -2.14. The third kappa shape index (κ3) is 3.94. The topological polar surface area (TPSA) is 69.0 Å². The smallest absolute Gasteiger partial charge is 0.229 e. The van der Waals surface area contributed by atoms with Gasteiger partial charge in [0, 0.05) is 54.7 Å². The van der Waals surface area contributed by atoms with E-state index in [1.807, 2.05) is 31.6 Å². The summed E-state index contributed by atoms with van der Waals surface area (Å²) in [5, 5.41) is 9.91. The first kappa shape index (κ1) is 20.8. The molecule has 0 saturated heterocycles. The lowest BCUT2D eigenvalue weighted by molar-refractivity contribution is -0.117. The van der Waals surface area contributed by atoms with Gasteiger partial charge < -0.3 is 10.1 Å². The molecule has 1 aliphatic rings. The fourth-order valence-corrected chi connectivity index (χ4v) is 4.84. The van der Waals surface area contributed by atoms with Gasteiger partial charge in [-0.05, 0) is 40.6 Å². The van der Waals surface area contributed by atoms with E-state index in [-0.39, 0.29) is 23.7 Å². The lowest BCUT2D eigenvalue weighted by Crippen LogP contribution is -2.16. The van der Waals surface area contributed by atoms with Crippen LogP contribution in [0.3, 0.4) is 0 Å². The van der Waals surface area contributed by atoms with Crippen molar-refractivity contribution in [3.05, 3.63) is 52.9 Å². The number of anilines is 1. The minimum absolute atomic E-state index is 0.0180. The highest BCUT2D eigenvalue weighted by atomic mass is 35.5. The third-order valence-electron chi connectivity index (χ3n) is 6.09. The Kier molecular flexibility index (Phi) is 5.80. The summed E-state index contributed by atoms with van der Waals surface area (Å²) in [7, 11) is 3.58. The number of benzene rings is 1. The summed E-state index contributed by atoms with van der Waals surface area (Å²) in [6.07, 6.45) is 6.58. The average Bonchev–Trinajstić information content (AvgIpc) is 3.31. The van der Waals surface area contributed by atoms with Crippen molar-refractivity contribution in [3.8, 4) is 0 Å². The molecule has 158 valence electrons. The van der Waals surface area contributed by atoms with Crippen molar-refractivity contribution in [2.24, 2.45) is 18.9 Å². The van der Waals surface area contributed by atoms with Crippen LogP contribution >= 0.6 is 11.6 Å². The van der Waals surface area contributed by atoms with Crippen molar-refractivity contribution in [1.29, 1.82) is 0 Å². The molecule has 1 aliphatic carbocycles. The van der Waals surface area contributed by atoms with E-state index >= 15 is 0 Å². The van der Waals surface area contributed by atoms with Gasteiger partial charge in [-0.1, -0.05) is 31.9 Å². The molecule has 3 aromatic rings. The van der Waals surface area contributed by atoms with Crippen LogP contribution in [0.2, 0.25) is 5.02 Å². The second kappa shape index (κ2) is 8.36. The SMILES string of the molecule is CCC1C(C(=O)Nc2cc3cc([C@H](C)COC)c(Cl)cc3cn2)C1c1cnn(C)c1. The lowest BCUT2D eigenvalue weighted by atomic mass is 9.99. The van der Waals surface area contributed by atoms with Crippen LogP contribution in [0.5, 0.6) is 0 Å². The quantitative estimate of drug-likeness (QED) is 0.591. The molecule has 0 aliphatic heterocycles. The summed E-state index contributed by atoms with van der Waals surface area (Å²) >= 11 is 6.46. The second-order valence-electron chi connectivity index (χ2n) is 8.21. The number of methoxy groups -OCH3 is 1. The predicted molar refractivity (Wildman–Crippen MR) is 119 cm³/mol. The van der Waals surface area contributed by atoms with Gasteiger partial charge in [0.25, 0.3) is 0 Å². The number of fused-ring (bicyclic) bond motifs is 1. The van der Waals surface area contributed by atoms with Crippen molar-refractivity contribution in [2.45, 2.75) is 32.1 Å². The van der Waals surface area contributed by atoms with Gasteiger partial charge in [-0.15, -0.1) is 0 Å². The summed E-state index contributed by atoms with van der Waals surface area (Å²) in [6.45, 7) is 4.80. The molecule has 7 heteroatoms. The fourth-order valence-electron chi connectivity index (χ4n) is 4.48. The number of nitrogens with one attached hydrogen (secondary N) is 1. The van der Waals surface area contributed by atoms with Gasteiger partial charge in [0.2, 0.25) is 5.91 Å². The van der Waals surface area contributed by atoms with E-state index in [9.17, 15) is 4.79 Å². The van der Waals surface area contributed by atoms with E-state index in [1.54, 1.807) is 18.0 Å². The minimum Gasteiger partial charge on any atom is -0.384 e. The van der Waals surface area contributed by atoms with E-state index in [4.69, 9.17) is 16.3 Å². The zero-order valence-electron chi connectivity index (χ0n) is 17.7. The first-order valence-corrected chi connectivity index (χ1v) is 10.7. The maximum atomic E-state index is 13.0. The molecule has 0 radical (unpaired) electrons. The van der Waals surface area contributed by atoms with Gasteiger partial charge >= 0.3 is 0 Å². The Labute approximate surface area is 181 Å². The second-order valence-corrected chi connectivity index (χ2v) is 8.61. The highest BCUT2D eigenvalue weighted by molar-refractivity contribution is 6.32. The summed E-state index contributed by atoms with van der Waals surface area (Å²) in [4.78, 5) is 17.4. The molecule has 1 aromatic carbocycles. The molecule has 4 atom stereocenters. The Balaban J connectivity index is 1.54. The Bertz CT molecular complexity index is 1080. The normalized spacial score (nSPS) is 21.6. The molecule has 0 spiro atoms. The van der Waals surface area contributed by atoms with Crippen molar-refractivity contribution < 1.29 is 9.53 Å². The Hall–Kier alpha value is -2.44. The number of hydrogen-bond acceptors (Lipinski definition) is 4. The van der Waals surface area contributed by atoms with Crippen LogP contribution < -0.4 is 5.32 Å². The zero-order valence-corrected chi connectivity index (χ0v) is 18.5. The van der Waals surface area contributed by atoms with Crippen LogP contribution in [0.1, 0.15) is 43.2 Å². The maximum absolute atomic E-state index is 13.0. The van der Waals surface area contributed by atoms with Crippen LogP contribution in [-0.2, 0) is 16.6 Å². The van der Waals surface area contributed by atoms with Crippen LogP contribution in [0.15, 0.2) is 36.8 Å². The van der Waals surface area contributed by atoms with Crippen molar-refractivity contribution in [1.82, 2.24) is 14.8 Å². The molecular formula is C23H27ClN4O2. The van der Waals surface area contributed by atoms with E-state index in [1.165, 1.54) is 0 Å². The first-order valence-electron chi connectivity index (χ1n) is 10.3. The highest BCUT2D eigenvalue weighted by Crippen LogP contribution is 2.56. The summed E-state index contributed by atoms with van der Waals surface area (Å²) in [5.74, 6) is 1.28. The number of ether oxygens (including phenoxy) is 1. The molecular weight excluding hydrogens is 400 g/mol. The molecule has 1 fully saturated rings. The largest absolute Gasteiger partial charge is 0.384 e. The Morgan fingerprint density at radius 1 is 1.30 bits per heavy atom. The number of pyridine rings is 1. The number of carbonyl (C=O) groups excluding carboxylic acids is 1. The maximum Gasteiger partial charge on any atom is 0.229 e. The van der Waals surface area contributed by atoms with Crippen LogP contribution in [0.25, 0.3) is 10.8 Å². The standard InChI is InChI=1S/C23H27ClN4O2/c1-5-17-21(16-10-26-28(3)11-16)22(17)23(29)27-20-8-14-6-18(13(2)12-30-4)19(24)7-15(14)9-25-20/h6-11,13,17,21-22H,5,12H2,1-4H3,(H,25,27,29)/t13-,17?,21?,22?/m1/s1. The monoisotopic (exact) mass is 426 g/mol. The molecule has 6 nitrogen and oxygen atoms in total. The zero-order chi connectivity index (χ0) is 21.4. The number of aromatic nitrogens is 3. The molecule has 2 heterocycles. The van der Waals surface area contributed by atoms with Crippen molar-refractivity contribution in [3.63, 3.8) is 0 Å². The predicted octanol–water partition coefficient (Wildman–Crippen LogP) is 4.75. The van der Waals surface area contributed by atoms with Crippen LogP contribution in [-0.4, -0.2) is 34.4 Å². The fraction of sp³-hybridized carbons (Fsp3) is 0.435. The summed E-state index contributed by atoms with van der Waals surface area (Å²) in [6, 6.07) is 5.89. The molecule has 4 rings (SSSR count). The first-order chi connectivity index (χ1) is 14.4. The average molecular weight is 427 g/mol. The van der Waals surface area contributed by atoms with Crippen molar-refractivity contribution in [2.75, 3.05) is 19.0 Å². The molecule has 1 N–H and O–H groups in total. The molecule has 2 aromatic heterocycles. The number of amides is 1.